The zero-order valence-corrected chi connectivity index (χ0v) is 18.9. The lowest BCUT2D eigenvalue weighted by atomic mass is 9.90. The predicted molar refractivity (Wildman–Crippen MR) is 127 cm³/mol. The van der Waals surface area contributed by atoms with Crippen LogP contribution in [0.2, 0.25) is 0 Å². The van der Waals surface area contributed by atoms with Gasteiger partial charge in [0.2, 0.25) is 0 Å². The first kappa shape index (κ1) is 23.1. The van der Waals surface area contributed by atoms with E-state index in [0.717, 1.165) is 34.3 Å². The van der Waals surface area contributed by atoms with Gasteiger partial charge in [-0.3, -0.25) is 9.59 Å². The Bertz CT molecular complexity index is 987. The molecule has 0 aliphatic rings. The van der Waals surface area contributed by atoms with Crippen molar-refractivity contribution in [3.8, 4) is 0 Å². The third-order valence-electron chi connectivity index (χ3n) is 5.49. The topological polar surface area (TPSA) is 71.2 Å². The quantitative estimate of drug-likeness (QED) is 0.330. The third-order valence-corrected chi connectivity index (χ3v) is 6.10. The predicted octanol–water partition coefficient (Wildman–Crippen LogP) is 4.02. The number of hydrogen-bond donors (Lipinski definition) is 2. The molecule has 2 unspecified atom stereocenters. The number of Topliss-reactive ketones (excluding diaryl/α,β-unsaturated/α-hetero) is 1. The molecule has 0 amide bonds. The maximum absolute atomic E-state index is 13.3. The van der Waals surface area contributed by atoms with E-state index < -0.39 is 5.92 Å². The van der Waals surface area contributed by atoms with Gasteiger partial charge in [-0.05, 0) is 36.3 Å². The number of rotatable bonds is 12. The summed E-state index contributed by atoms with van der Waals surface area (Å²) >= 11 is 1.74. The summed E-state index contributed by atoms with van der Waals surface area (Å²) in [7, 11) is 1.38. The molecule has 0 spiro atoms. The Morgan fingerprint density at radius 3 is 2.55 bits per heavy atom. The number of fused-ring (bicyclic) bond motifs is 1. The molecule has 2 aromatic carbocycles. The second-order valence-corrected chi connectivity index (χ2v) is 8.63. The molecule has 1 heterocycles. The van der Waals surface area contributed by atoms with Crippen LogP contribution in [0.5, 0.6) is 0 Å². The van der Waals surface area contributed by atoms with E-state index in [4.69, 9.17) is 4.74 Å². The van der Waals surface area contributed by atoms with Crippen LogP contribution in [0.1, 0.15) is 17.5 Å². The Morgan fingerprint density at radius 1 is 1.06 bits per heavy atom. The van der Waals surface area contributed by atoms with Crippen LogP contribution in [0, 0.1) is 5.92 Å². The van der Waals surface area contributed by atoms with Crippen LogP contribution in [0.4, 0.5) is 0 Å². The largest absolute Gasteiger partial charge is 0.469 e. The maximum Gasteiger partial charge on any atom is 0.309 e. The lowest BCUT2D eigenvalue weighted by Gasteiger charge is -2.21. The Kier molecular flexibility index (Phi) is 8.74. The number of methoxy groups -OCH3 is 1. The number of carbonyl (C=O) groups is 2. The van der Waals surface area contributed by atoms with E-state index in [-0.39, 0.29) is 24.2 Å². The molecule has 5 nitrogen and oxygen atoms in total. The number of para-hydroxylation sites is 1. The number of ketones is 1. The van der Waals surface area contributed by atoms with Crippen LogP contribution in [0.15, 0.2) is 60.8 Å². The molecule has 0 radical (unpaired) electrons. The number of aromatic amines is 1. The van der Waals surface area contributed by atoms with E-state index >= 15 is 0 Å². The smallest absolute Gasteiger partial charge is 0.309 e. The standard InChI is InChI=1S/C25H30N2O3S/c1-30-25(29)19(14-18-8-4-3-5-9-18)16-24(28)23(26-12-13-31-2)15-20-17-27-22-11-7-6-10-21(20)22/h3-11,17,19,23,26-27H,12-16H2,1-2H3. The number of esters is 1. The molecule has 0 bridgehead atoms. The minimum Gasteiger partial charge on any atom is -0.469 e. The van der Waals surface area contributed by atoms with E-state index in [9.17, 15) is 9.59 Å². The number of hydrogen-bond acceptors (Lipinski definition) is 5. The van der Waals surface area contributed by atoms with Gasteiger partial charge in [0.05, 0.1) is 19.1 Å². The van der Waals surface area contributed by atoms with Crippen LogP contribution in [-0.2, 0) is 27.2 Å². The molecule has 0 aliphatic heterocycles. The van der Waals surface area contributed by atoms with Crippen LogP contribution in [-0.4, -0.2) is 48.4 Å². The number of aromatic nitrogens is 1. The molecule has 3 rings (SSSR count). The Balaban J connectivity index is 1.76. The fourth-order valence-electron chi connectivity index (χ4n) is 3.84. The summed E-state index contributed by atoms with van der Waals surface area (Å²) in [6.07, 6.45) is 5.25. The van der Waals surface area contributed by atoms with Gasteiger partial charge >= 0.3 is 5.97 Å². The highest BCUT2D eigenvalue weighted by molar-refractivity contribution is 7.98. The summed E-state index contributed by atoms with van der Waals surface area (Å²) in [6.45, 7) is 0.738. The second kappa shape index (κ2) is 11.7. The highest BCUT2D eigenvalue weighted by Gasteiger charge is 2.28. The first-order chi connectivity index (χ1) is 15.1. The van der Waals surface area contributed by atoms with Crippen molar-refractivity contribution in [1.82, 2.24) is 10.3 Å². The van der Waals surface area contributed by atoms with Crippen LogP contribution in [0.25, 0.3) is 10.9 Å². The van der Waals surface area contributed by atoms with Gasteiger partial charge in [0, 0.05) is 35.8 Å². The van der Waals surface area contributed by atoms with Gasteiger partial charge in [0.15, 0.2) is 5.78 Å². The molecule has 164 valence electrons. The first-order valence-corrected chi connectivity index (χ1v) is 11.9. The molecular formula is C25H30N2O3S. The number of H-pyrrole nitrogens is 1. The van der Waals surface area contributed by atoms with Gasteiger partial charge in [0.1, 0.15) is 0 Å². The molecule has 0 saturated heterocycles. The number of nitrogens with one attached hydrogen (secondary N) is 2. The zero-order chi connectivity index (χ0) is 22.1. The summed E-state index contributed by atoms with van der Waals surface area (Å²) in [6, 6.07) is 17.5. The SMILES string of the molecule is COC(=O)C(CC(=O)C(Cc1c[nH]c2ccccc12)NCCSC)Cc1ccccc1. The van der Waals surface area contributed by atoms with Crippen molar-refractivity contribution in [1.29, 1.82) is 0 Å². The average molecular weight is 439 g/mol. The second-order valence-electron chi connectivity index (χ2n) is 7.64. The van der Waals surface area contributed by atoms with E-state index in [1.54, 1.807) is 11.8 Å². The van der Waals surface area contributed by atoms with Crippen LogP contribution in [0.3, 0.4) is 0 Å². The molecule has 6 heteroatoms. The van der Waals surface area contributed by atoms with Gasteiger partial charge in [0.25, 0.3) is 0 Å². The van der Waals surface area contributed by atoms with Crippen LogP contribution < -0.4 is 5.32 Å². The lowest BCUT2D eigenvalue weighted by Crippen LogP contribution is -2.41. The van der Waals surface area contributed by atoms with Crippen molar-refractivity contribution in [3.05, 3.63) is 71.9 Å². The summed E-state index contributed by atoms with van der Waals surface area (Å²) in [5.41, 5.74) is 3.18. The number of carbonyl (C=O) groups excluding carboxylic acids is 2. The fraction of sp³-hybridized carbons (Fsp3) is 0.360. The van der Waals surface area contributed by atoms with Crippen molar-refractivity contribution < 1.29 is 14.3 Å². The molecule has 3 aromatic rings. The van der Waals surface area contributed by atoms with Crippen LogP contribution >= 0.6 is 11.8 Å². The molecule has 31 heavy (non-hydrogen) atoms. The van der Waals surface area contributed by atoms with E-state index in [2.05, 4.69) is 16.4 Å². The van der Waals surface area contributed by atoms with Crippen molar-refractivity contribution >= 4 is 34.4 Å². The zero-order valence-electron chi connectivity index (χ0n) is 18.1. The number of benzene rings is 2. The Hall–Kier alpha value is -2.57. The van der Waals surface area contributed by atoms with Gasteiger partial charge in [-0.25, -0.2) is 0 Å². The highest BCUT2D eigenvalue weighted by Crippen LogP contribution is 2.21. The third kappa shape index (κ3) is 6.45. The first-order valence-electron chi connectivity index (χ1n) is 10.5. The Labute approximate surface area is 188 Å². The molecule has 0 saturated carbocycles. The van der Waals surface area contributed by atoms with Crippen molar-refractivity contribution in [2.45, 2.75) is 25.3 Å². The van der Waals surface area contributed by atoms with Crippen molar-refractivity contribution in [2.24, 2.45) is 5.92 Å². The fourth-order valence-corrected chi connectivity index (χ4v) is 4.17. The minimum atomic E-state index is -0.493. The lowest BCUT2D eigenvalue weighted by molar-refractivity contribution is -0.147. The van der Waals surface area contributed by atoms with Gasteiger partial charge in [-0.1, -0.05) is 48.5 Å². The molecule has 1 aromatic heterocycles. The van der Waals surface area contributed by atoms with E-state index in [1.807, 2.05) is 61.0 Å². The Morgan fingerprint density at radius 2 is 1.81 bits per heavy atom. The number of thioether (sulfide) groups is 1. The van der Waals surface area contributed by atoms with Crippen molar-refractivity contribution in [3.63, 3.8) is 0 Å². The molecular weight excluding hydrogens is 408 g/mol. The van der Waals surface area contributed by atoms with Crippen molar-refractivity contribution in [2.75, 3.05) is 25.7 Å². The van der Waals surface area contributed by atoms with Gasteiger partial charge < -0.3 is 15.0 Å². The highest BCUT2D eigenvalue weighted by atomic mass is 32.2. The molecule has 0 fully saturated rings. The minimum absolute atomic E-state index is 0.0396. The average Bonchev–Trinajstić information content (AvgIpc) is 3.21. The summed E-state index contributed by atoms with van der Waals surface area (Å²) in [5, 5.41) is 4.54. The molecule has 2 atom stereocenters. The number of ether oxygens (including phenoxy) is 1. The normalized spacial score (nSPS) is 13.1. The van der Waals surface area contributed by atoms with Gasteiger partial charge in [-0.15, -0.1) is 0 Å². The molecule has 0 aliphatic carbocycles. The van der Waals surface area contributed by atoms with Gasteiger partial charge in [-0.2, -0.15) is 11.8 Å². The molecule has 2 N–H and O–H groups in total. The monoisotopic (exact) mass is 438 g/mol. The summed E-state index contributed by atoms with van der Waals surface area (Å²) in [5.74, 6) is 0.125. The summed E-state index contributed by atoms with van der Waals surface area (Å²) < 4.78 is 5.01. The van der Waals surface area contributed by atoms with E-state index in [1.165, 1.54) is 7.11 Å². The van der Waals surface area contributed by atoms with E-state index in [0.29, 0.717) is 12.8 Å². The maximum atomic E-state index is 13.3. The summed E-state index contributed by atoms with van der Waals surface area (Å²) in [4.78, 5) is 29.0.